The molecule has 0 amide bonds. The molecule has 5 heteroatoms. The molecule has 0 radical (unpaired) electrons. The minimum atomic E-state index is -0.409. The molecule has 0 aliphatic carbocycles. The van der Waals surface area contributed by atoms with Crippen molar-refractivity contribution >= 4 is 11.3 Å². The van der Waals surface area contributed by atoms with Crippen molar-refractivity contribution < 1.29 is 5.11 Å². The Labute approximate surface area is 136 Å². The maximum absolute atomic E-state index is 10.4. The summed E-state index contributed by atoms with van der Waals surface area (Å²) in [5, 5.41) is 12.5. The Kier molecular flexibility index (Phi) is 5.20. The normalized spacial score (nSPS) is 21.8. The lowest BCUT2D eigenvalue weighted by molar-refractivity contribution is 0.0359. The van der Waals surface area contributed by atoms with Crippen LogP contribution in [0.3, 0.4) is 0 Å². The van der Waals surface area contributed by atoms with E-state index in [1.54, 1.807) is 11.3 Å². The van der Waals surface area contributed by atoms with Crippen LogP contribution in [-0.2, 0) is 6.54 Å². The molecule has 0 saturated carbocycles. The number of aromatic nitrogens is 1. The maximum atomic E-state index is 10.4. The van der Waals surface area contributed by atoms with Crippen LogP contribution in [0.5, 0.6) is 0 Å². The van der Waals surface area contributed by atoms with Gasteiger partial charge in [-0.3, -0.25) is 9.80 Å². The van der Waals surface area contributed by atoms with Crippen LogP contribution in [-0.4, -0.2) is 52.1 Å². The standard InChI is InChI=1S/C17H23N3OS/c1-14-9-19(10-16-12-22-13-18-16)7-8-20(14)11-17(21)15-5-3-2-4-6-15/h2-6,12-14,17,21H,7-11H2,1H3/t14-,17-/m1/s1. The van der Waals surface area contributed by atoms with Crippen molar-refractivity contribution in [1.29, 1.82) is 0 Å². The van der Waals surface area contributed by atoms with Gasteiger partial charge < -0.3 is 5.11 Å². The third-order valence-electron chi connectivity index (χ3n) is 4.31. The maximum Gasteiger partial charge on any atom is 0.0917 e. The predicted molar refractivity (Wildman–Crippen MR) is 89.8 cm³/mol. The van der Waals surface area contributed by atoms with Gasteiger partial charge in [-0.05, 0) is 12.5 Å². The third-order valence-corrected chi connectivity index (χ3v) is 4.95. The minimum absolute atomic E-state index is 0.409. The van der Waals surface area contributed by atoms with Crippen molar-refractivity contribution in [1.82, 2.24) is 14.8 Å². The topological polar surface area (TPSA) is 39.6 Å². The quantitative estimate of drug-likeness (QED) is 0.919. The summed E-state index contributed by atoms with van der Waals surface area (Å²) in [6.45, 7) is 6.93. The van der Waals surface area contributed by atoms with Gasteiger partial charge >= 0.3 is 0 Å². The monoisotopic (exact) mass is 317 g/mol. The number of rotatable bonds is 5. The molecule has 4 nitrogen and oxygen atoms in total. The van der Waals surface area contributed by atoms with Gasteiger partial charge in [0.25, 0.3) is 0 Å². The fourth-order valence-corrected chi connectivity index (χ4v) is 3.58. The number of hydrogen-bond acceptors (Lipinski definition) is 5. The molecular formula is C17H23N3OS. The average molecular weight is 317 g/mol. The van der Waals surface area contributed by atoms with Crippen LogP contribution in [0.4, 0.5) is 0 Å². The van der Waals surface area contributed by atoms with E-state index in [4.69, 9.17) is 0 Å². The molecule has 1 N–H and O–H groups in total. The first-order chi connectivity index (χ1) is 10.7. The molecule has 1 saturated heterocycles. The molecule has 1 fully saturated rings. The number of aliphatic hydroxyl groups is 1. The number of hydrogen-bond donors (Lipinski definition) is 1. The molecule has 1 aliphatic rings. The molecule has 1 aromatic heterocycles. The summed E-state index contributed by atoms with van der Waals surface area (Å²) < 4.78 is 0. The van der Waals surface area contributed by atoms with Crippen molar-refractivity contribution in [3.05, 3.63) is 52.5 Å². The van der Waals surface area contributed by atoms with E-state index in [1.807, 2.05) is 35.8 Å². The highest BCUT2D eigenvalue weighted by atomic mass is 32.1. The van der Waals surface area contributed by atoms with E-state index in [1.165, 1.54) is 0 Å². The number of benzene rings is 1. The van der Waals surface area contributed by atoms with Crippen molar-refractivity contribution in [2.24, 2.45) is 0 Å². The average Bonchev–Trinajstić information content (AvgIpc) is 3.04. The molecule has 22 heavy (non-hydrogen) atoms. The van der Waals surface area contributed by atoms with Crippen LogP contribution < -0.4 is 0 Å². The largest absolute Gasteiger partial charge is 0.387 e. The van der Waals surface area contributed by atoms with Crippen molar-refractivity contribution in [2.45, 2.75) is 25.6 Å². The molecule has 0 bridgehead atoms. The summed E-state index contributed by atoms with van der Waals surface area (Å²) in [4.78, 5) is 9.20. The number of thiazole rings is 1. The molecular weight excluding hydrogens is 294 g/mol. The molecule has 118 valence electrons. The Bertz CT molecular complexity index is 561. The van der Waals surface area contributed by atoms with Gasteiger partial charge in [0.15, 0.2) is 0 Å². The number of aliphatic hydroxyl groups excluding tert-OH is 1. The Morgan fingerprint density at radius 1 is 1.32 bits per heavy atom. The second kappa shape index (κ2) is 7.33. The SMILES string of the molecule is C[C@@H]1CN(Cc2cscn2)CCN1C[C@@H](O)c1ccccc1. The van der Waals surface area contributed by atoms with E-state index in [9.17, 15) is 5.11 Å². The van der Waals surface area contributed by atoms with Gasteiger partial charge in [0.05, 0.1) is 17.3 Å². The van der Waals surface area contributed by atoms with E-state index >= 15 is 0 Å². The van der Waals surface area contributed by atoms with Crippen LogP contribution >= 0.6 is 11.3 Å². The Morgan fingerprint density at radius 3 is 2.82 bits per heavy atom. The number of piperazine rings is 1. The smallest absolute Gasteiger partial charge is 0.0917 e. The van der Waals surface area contributed by atoms with Gasteiger partial charge in [-0.2, -0.15) is 0 Å². The van der Waals surface area contributed by atoms with E-state index in [0.717, 1.165) is 37.4 Å². The summed E-state index contributed by atoms with van der Waals surface area (Å²) in [6.07, 6.45) is -0.409. The Hall–Kier alpha value is -1.27. The number of β-amino-alcohol motifs (C(OH)–C–C–N with tert-alkyl or cyclic N) is 1. The first-order valence-electron chi connectivity index (χ1n) is 7.79. The molecule has 2 aromatic rings. The predicted octanol–water partition coefficient (Wildman–Crippen LogP) is 2.38. The van der Waals surface area contributed by atoms with Crippen molar-refractivity contribution in [3.8, 4) is 0 Å². The van der Waals surface area contributed by atoms with Gasteiger partial charge in [-0.1, -0.05) is 30.3 Å². The molecule has 0 unspecified atom stereocenters. The molecule has 1 aliphatic heterocycles. The minimum Gasteiger partial charge on any atom is -0.387 e. The lowest BCUT2D eigenvalue weighted by Gasteiger charge is -2.40. The van der Waals surface area contributed by atoms with E-state index in [2.05, 4.69) is 27.1 Å². The molecule has 3 rings (SSSR count). The van der Waals surface area contributed by atoms with Crippen LogP contribution in [0.15, 0.2) is 41.2 Å². The van der Waals surface area contributed by atoms with Gasteiger partial charge in [0.2, 0.25) is 0 Å². The van der Waals surface area contributed by atoms with Crippen LogP contribution in [0.1, 0.15) is 24.3 Å². The Balaban J connectivity index is 1.52. The van der Waals surface area contributed by atoms with Gasteiger partial charge in [0, 0.05) is 44.1 Å². The van der Waals surface area contributed by atoms with Crippen molar-refractivity contribution in [2.75, 3.05) is 26.2 Å². The lowest BCUT2D eigenvalue weighted by Crippen LogP contribution is -2.52. The molecule has 2 atom stereocenters. The lowest BCUT2D eigenvalue weighted by atomic mass is 10.1. The van der Waals surface area contributed by atoms with Crippen LogP contribution in [0.2, 0.25) is 0 Å². The molecule has 2 heterocycles. The highest BCUT2D eigenvalue weighted by Gasteiger charge is 2.25. The summed E-state index contributed by atoms with van der Waals surface area (Å²) in [5.41, 5.74) is 4.06. The van der Waals surface area contributed by atoms with Gasteiger partial charge in [0.1, 0.15) is 0 Å². The summed E-state index contributed by atoms with van der Waals surface area (Å²) in [7, 11) is 0. The number of nitrogens with zero attached hydrogens (tertiary/aromatic N) is 3. The second-order valence-corrected chi connectivity index (χ2v) is 6.70. The summed E-state index contributed by atoms with van der Waals surface area (Å²) in [6, 6.07) is 10.4. The van der Waals surface area contributed by atoms with Crippen LogP contribution in [0, 0.1) is 0 Å². The van der Waals surface area contributed by atoms with E-state index < -0.39 is 6.10 Å². The highest BCUT2D eigenvalue weighted by molar-refractivity contribution is 7.07. The zero-order chi connectivity index (χ0) is 15.4. The zero-order valence-corrected chi connectivity index (χ0v) is 13.7. The van der Waals surface area contributed by atoms with E-state index in [-0.39, 0.29) is 0 Å². The highest BCUT2D eigenvalue weighted by Crippen LogP contribution is 2.18. The first kappa shape index (κ1) is 15.6. The van der Waals surface area contributed by atoms with E-state index in [0.29, 0.717) is 12.6 Å². The fourth-order valence-electron chi connectivity index (χ4n) is 3.03. The van der Waals surface area contributed by atoms with Crippen molar-refractivity contribution in [3.63, 3.8) is 0 Å². The second-order valence-electron chi connectivity index (χ2n) is 5.99. The van der Waals surface area contributed by atoms with Gasteiger partial charge in [-0.25, -0.2) is 4.98 Å². The molecule has 1 aromatic carbocycles. The van der Waals surface area contributed by atoms with Crippen LogP contribution in [0.25, 0.3) is 0 Å². The zero-order valence-electron chi connectivity index (χ0n) is 12.9. The Morgan fingerprint density at radius 2 is 2.14 bits per heavy atom. The molecule has 0 spiro atoms. The first-order valence-corrected chi connectivity index (χ1v) is 8.73. The summed E-state index contributed by atoms with van der Waals surface area (Å²) in [5.74, 6) is 0. The fraction of sp³-hybridized carbons (Fsp3) is 0.471. The third kappa shape index (κ3) is 3.93. The summed E-state index contributed by atoms with van der Waals surface area (Å²) >= 11 is 1.65. The van der Waals surface area contributed by atoms with Gasteiger partial charge in [-0.15, -0.1) is 11.3 Å².